The van der Waals surface area contributed by atoms with Crippen LogP contribution in [0.25, 0.3) is 0 Å². The average Bonchev–Trinajstić information content (AvgIpc) is 2.56. The van der Waals surface area contributed by atoms with Gasteiger partial charge in [0.25, 0.3) is 0 Å². The molecule has 0 radical (unpaired) electrons. The largest absolute Gasteiger partial charge is 0.349 e. The van der Waals surface area contributed by atoms with Gasteiger partial charge in [0.2, 0.25) is 0 Å². The fourth-order valence-electron chi connectivity index (χ4n) is 1.74. The molecule has 1 aromatic heterocycles. The monoisotopic (exact) mass is 195 g/mol. The van der Waals surface area contributed by atoms with E-state index < -0.39 is 0 Å². The highest BCUT2D eigenvalue weighted by Crippen LogP contribution is 2.08. The van der Waals surface area contributed by atoms with Crippen LogP contribution in [0.1, 0.15) is 33.0 Å². The molecule has 1 heterocycles. The molecule has 2 N–H and O–H groups in total. The Hall–Kier alpha value is -0.830. The third kappa shape index (κ3) is 3.92. The molecular weight excluding hydrogens is 174 g/mol. The first kappa shape index (κ1) is 11.2. The van der Waals surface area contributed by atoms with E-state index in [1.54, 1.807) is 0 Å². The second-order valence-corrected chi connectivity index (χ2v) is 4.12. The van der Waals surface area contributed by atoms with Gasteiger partial charge in [0, 0.05) is 24.9 Å². The van der Waals surface area contributed by atoms with Gasteiger partial charge in [-0.15, -0.1) is 0 Å². The van der Waals surface area contributed by atoms with Crippen LogP contribution < -0.4 is 5.32 Å². The molecule has 0 aliphatic heterocycles. The van der Waals surface area contributed by atoms with Crippen LogP contribution in [0.2, 0.25) is 0 Å². The Kier molecular flexibility index (Phi) is 4.66. The number of rotatable bonds is 6. The third-order valence-electron chi connectivity index (χ3n) is 2.24. The molecule has 0 bridgehead atoms. The molecule has 1 unspecified atom stereocenters. The molecule has 3 nitrogen and oxygen atoms in total. The van der Waals surface area contributed by atoms with E-state index in [0.717, 1.165) is 24.7 Å². The van der Waals surface area contributed by atoms with E-state index in [0.29, 0.717) is 6.04 Å². The van der Waals surface area contributed by atoms with Gasteiger partial charge >= 0.3 is 0 Å². The molecule has 1 rings (SSSR count). The molecule has 0 amide bonds. The minimum atomic E-state index is 0.547. The number of nitrogens with one attached hydrogen (secondary N) is 2. The van der Waals surface area contributed by atoms with Crippen molar-refractivity contribution < 1.29 is 0 Å². The summed E-state index contributed by atoms with van der Waals surface area (Å²) >= 11 is 0. The van der Waals surface area contributed by atoms with E-state index >= 15 is 0 Å². The molecule has 1 atom stereocenters. The lowest BCUT2D eigenvalue weighted by Crippen LogP contribution is -2.32. The highest BCUT2D eigenvalue weighted by atomic mass is 14.9. The SMILES string of the molecule is CCNC(Cc1ncc[nH]1)CC(C)C. The minimum absolute atomic E-state index is 0.547. The van der Waals surface area contributed by atoms with Crippen molar-refractivity contribution in [1.82, 2.24) is 15.3 Å². The number of aromatic amines is 1. The molecule has 1 aromatic rings. The molecular formula is C11H21N3. The summed E-state index contributed by atoms with van der Waals surface area (Å²) in [4.78, 5) is 7.40. The lowest BCUT2D eigenvalue weighted by atomic mass is 10.0. The van der Waals surface area contributed by atoms with Gasteiger partial charge in [-0.2, -0.15) is 0 Å². The number of H-pyrrole nitrogens is 1. The lowest BCUT2D eigenvalue weighted by Gasteiger charge is -2.18. The Labute approximate surface area is 86.3 Å². The van der Waals surface area contributed by atoms with Crippen molar-refractivity contribution in [3.05, 3.63) is 18.2 Å². The predicted octanol–water partition coefficient (Wildman–Crippen LogP) is 1.98. The van der Waals surface area contributed by atoms with Crippen molar-refractivity contribution in [1.29, 1.82) is 0 Å². The minimum Gasteiger partial charge on any atom is -0.349 e. The van der Waals surface area contributed by atoms with Crippen LogP contribution in [0, 0.1) is 5.92 Å². The normalized spacial score (nSPS) is 13.4. The number of imidazole rings is 1. The summed E-state index contributed by atoms with van der Waals surface area (Å²) in [5, 5.41) is 3.49. The van der Waals surface area contributed by atoms with E-state index in [2.05, 4.69) is 36.1 Å². The van der Waals surface area contributed by atoms with Crippen molar-refractivity contribution in [2.24, 2.45) is 5.92 Å². The predicted molar refractivity (Wildman–Crippen MR) is 59.2 cm³/mol. The molecule has 14 heavy (non-hydrogen) atoms. The average molecular weight is 195 g/mol. The Balaban J connectivity index is 2.42. The zero-order chi connectivity index (χ0) is 10.4. The molecule has 0 saturated carbocycles. The fourth-order valence-corrected chi connectivity index (χ4v) is 1.74. The standard InChI is InChI=1S/C11H21N3/c1-4-12-10(7-9(2)3)8-11-13-5-6-14-11/h5-6,9-10,12H,4,7-8H2,1-3H3,(H,13,14). The zero-order valence-electron chi connectivity index (χ0n) is 9.38. The molecule has 3 heteroatoms. The summed E-state index contributed by atoms with van der Waals surface area (Å²) in [6, 6.07) is 0.547. The van der Waals surface area contributed by atoms with Crippen LogP contribution in [0.5, 0.6) is 0 Å². The topological polar surface area (TPSA) is 40.7 Å². The summed E-state index contributed by atoms with van der Waals surface area (Å²) in [7, 11) is 0. The Morgan fingerprint density at radius 3 is 2.79 bits per heavy atom. The second kappa shape index (κ2) is 5.81. The van der Waals surface area contributed by atoms with Gasteiger partial charge in [-0.05, 0) is 18.9 Å². The van der Waals surface area contributed by atoms with Gasteiger partial charge in [0.15, 0.2) is 0 Å². The maximum atomic E-state index is 4.25. The molecule has 80 valence electrons. The van der Waals surface area contributed by atoms with Crippen LogP contribution in [0.3, 0.4) is 0 Å². The molecule has 0 fully saturated rings. The first-order valence-electron chi connectivity index (χ1n) is 5.44. The summed E-state index contributed by atoms with van der Waals surface area (Å²) in [6.07, 6.45) is 5.90. The van der Waals surface area contributed by atoms with E-state index in [9.17, 15) is 0 Å². The number of hydrogen-bond donors (Lipinski definition) is 2. The number of likely N-dealkylation sites (N-methyl/N-ethyl adjacent to an activating group) is 1. The van der Waals surface area contributed by atoms with Gasteiger partial charge in [-0.1, -0.05) is 20.8 Å². The number of aromatic nitrogens is 2. The van der Waals surface area contributed by atoms with Crippen molar-refractivity contribution in [2.45, 2.75) is 39.7 Å². The van der Waals surface area contributed by atoms with Crippen LogP contribution >= 0.6 is 0 Å². The lowest BCUT2D eigenvalue weighted by molar-refractivity contribution is 0.419. The molecule has 0 aliphatic carbocycles. The summed E-state index contributed by atoms with van der Waals surface area (Å²) in [5.74, 6) is 1.81. The maximum absolute atomic E-state index is 4.25. The summed E-state index contributed by atoms with van der Waals surface area (Å²) in [6.45, 7) is 7.69. The highest BCUT2D eigenvalue weighted by Gasteiger charge is 2.11. The van der Waals surface area contributed by atoms with E-state index in [1.165, 1.54) is 6.42 Å². The highest BCUT2D eigenvalue weighted by molar-refractivity contribution is 4.91. The van der Waals surface area contributed by atoms with Crippen molar-refractivity contribution in [3.8, 4) is 0 Å². The first-order valence-corrected chi connectivity index (χ1v) is 5.44. The van der Waals surface area contributed by atoms with Crippen molar-refractivity contribution in [3.63, 3.8) is 0 Å². The third-order valence-corrected chi connectivity index (χ3v) is 2.24. The number of nitrogens with zero attached hydrogens (tertiary/aromatic N) is 1. The Bertz CT molecular complexity index is 229. The quantitative estimate of drug-likeness (QED) is 0.728. The van der Waals surface area contributed by atoms with Gasteiger partial charge < -0.3 is 10.3 Å². The first-order chi connectivity index (χ1) is 6.72. The van der Waals surface area contributed by atoms with Crippen molar-refractivity contribution in [2.75, 3.05) is 6.54 Å². The maximum Gasteiger partial charge on any atom is 0.107 e. The van der Waals surface area contributed by atoms with Gasteiger partial charge in [-0.3, -0.25) is 0 Å². The van der Waals surface area contributed by atoms with Gasteiger partial charge in [0.1, 0.15) is 5.82 Å². The van der Waals surface area contributed by atoms with E-state index in [-0.39, 0.29) is 0 Å². The zero-order valence-corrected chi connectivity index (χ0v) is 9.38. The molecule has 0 aliphatic rings. The Morgan fingerprint density at radius 1 is 1.50 bits per heavy atom. The second-order valence-electron chi connectivity index (χ2n) is 4.12. The summed E-state index contributed by atoms with van der Waals surface area (Å²) in [5.41, 5.74) is 0. The smallest absolute Gasteiger partial charge is 0.107 e. The van der Waals surface area contributed by atoms with Gasteiger partial charge in [-0.25, -0.2) is 4.98 Å². The summed E-state index contributed by atoms with van der Waals surface area (Å²) < 4.78 is 0. The number of hydrogen-bond acceptors (Lipinski definition) is 2. The van der Waals surface area contributed by atoms with Crippen LogP contribution in [-0.4, -0.2) is 22.6 Å². The van der Waals surface area contributed by atoms with Gasteiger partial charge in [0.05, 0.1) is 0 Å². The van der Waals surface area contributed by atoms with E-state index in [1.807, 2.05) is 12.4 Å². The van der Waals surface area contributed by atoms with Crippen LogP contribution in [0.15, 0.2) is 12.4 Å². The molecule has 0 aromatic carbocycles. The Morgan fingerprint density at radius 2 is 2.29 bits per heavy atom. The molecule has 0 saturated heterocycles. The molecule has 0 spiro atoms. The van der Waals surface area contributed by atoms with Crippen LogP contribution in [0.4, 0.5) is 0 Å². The van der Waals surface area contributed by atoms with Crippen molar-refractivity contribution >= 4 is 0 Å². The fraction of sp³-hybridized carbons (Fsp3) is 0.727. The van der Waals surface area contributed by atoms with E-state index in [4.69, 9.17) is 0 Å². The van der Waals surface area contributed by atoms with Crippen LogP contribution in [-0.2, 0) is 6.42 Å².